The molecule has 2 aromatic heterocycles. The van der Waals surface area contributed by atoms with Crippen molar-refractivity contribution in [2.24, 2.45) is 0 Å². The van der Waals surface area contributed by atoms with Gasteiger partial charge in [-0.3, -0.25) is 9.20 Å². The normalized spacial score (nSPS) is 10.8. The predicted molar refractivity (Wildman–Crippen MR) is 105 cm³/mol. The Labute approximate surface area is 154 Å². The first-order valence-corrected chi connectivity index (χ1v) is 9.14. The van der Waals surface area contributed by atoms with Crippen molar-refractivity contribution in [3.63, 3.8) is 0 Å². The van der Waals surface area contributed by atoms with Gasteiger partial charge < -0.3 is 10.1 Å². The average Bonchev–Trinajstić information content (AvgIpc) is 3.04. The van der Waals surface area contributed by atoms with E-state index in [0.29, 0.717) is 12.2 Å². The molecule has 1 amide bonds. The number of benzene rings is 1. The lowest BCUT2D eigenvalue weighted by atomic mass is 10.1. The van der Waals surface area contributed by atoms with Gasteiger partial charge in [0.25, 0.3) is 0 Å². The molecule has 3 aromatic rings. The molecule has 0 fully saturated rings. The van der Waals surface area contributed by atoms with Gasteiger partial charge in [-0.2, -0.15) is 0 Å². The molecule has 1 N–H and O–H groups in total. The van der Waals surface area contributed by atoms with Crippen LogP contribution in [0.4, 0.5) is 5.82 Å². The Hall–Kier alpha value is -2.82. The number of fused-ring (bicyclic) bond motifs is 1. The standard InChI is InChI=1S/C21H25N3O2/c1-3-4-5-6-13-19(25)23-21-20(16-10-9-11-17(15-16)26-2)22-18-12-7-8-14-24(18)21/h7-12,14-15H,3-6,13H2,1-2H3,(H,23,25). The van der Waals surface area contributed by atoms with E-state index >= 15 is 0 Å². The maximum Gasteiger partial charge on any atom is 0.225 e. The van der Waals surface area contributed by atoms with Crippen molar-refractivity contribution in [2.45, 2.75) is 39.0 Å². The number of carbonyl (C=O) groups is 1. The SMILES string of the molecule is CCCCCCC(=O)Nc1c(-c2cccc(OC)c2)nc2ccccn12. The first kappa shape index (κ1) is 18.0. The summed E-state index contributed by atoms with van der Waals surface area (Å²) in [5, 5.41) is 3.07. The van der Waals surface area contributed by atoms with Crippen LogP contribution in [0, 0.1) is 0 Å². The van der Waals surface area contributed by atoms with Gasteiger partial charge in [0, 0.05) is 18.2 Å². The fraction of sp³-hybridized carbons (Fsp3) is 0.333. The second-order valence-corrected chi connectivity index (χ2v) is 6.33. The van der Waals surface area contributed by atoms with E-state index in [1.165, 1.54) is 0 Å². The number of imidazole rings is 1. The molecule has 1 aromatic carbocycles. The Morgan fingerprint density at radius 3 is 2.85 bits per heavy atom. The molecule has 0 spiro atoms. The number of aromatic nitrogens is 2. The van der Waals surface area contributed by atoms with E-state index in [-0.39, 0.29) is 5.91 Å². The highest BCUT2D eigenvalue weighted by molar-refractivity contribution is 5.94. The molecule has 136 valence electrons. The van der Waals surface area contributed by atoms with Gasteiger partial charge in [0.05, 0.1) is 7.11 Å². The number of hydrogen-bond acceptors (Lipinski definition) is 3. The number of methoxy groups -OCH3 is 1. The highest BCUT2D eigenvalue weighted by Gasteiger charge is 2.16. The molecular formula is C21H25N3O2. The predicted octanol–water partition coefficient (Wildman–Crippen LogP) is 4.92. The highest BCUT2D eigenvalue weighted by atomic mass is 16.5. The topological polar surface area (TPSA) is 55.6 Å². The van der Waals surface area contributed by atoms with Crippen molar-refractivity contribution in [2.75, 3.05) is 12.4 Å². The number of carbonyl (C=O) groups excluding carboxylic acids is 1. The first-order valence-electron chi connectivity index (χ1n) is 9.14. The number of unbranched alkanes of at least 4 members (excludes halogenated alkanes) is 3. The second kappa shape index (κ2) is 8.52. The van der Waals surface area contributed by atoms with E-state index in [1.54, 1.807) is 7.11 Å². The van der Waals surface area contributed by atoms with Gasteiger partial charge in [-0.05, 0) is 30.7 Å². The van der Waals surface area contributed by atoms with Crippen LogP contribution in [0.1, 0.15) is 39.0 Å². The third-order valence-electron chi connectivity index (χ3n) is 4.39. The van der Waals surface area contributed by atoms with Crippen molar-refractivity contribution >= 4 is 17.4 Å². The number of amides is 1. The molecular weight excluding hydrogens is 326 g/mol. The zero-order chi connectivity index (χ0) is 18.4. The minimum absolute atomic E-state index is 0.0240. The van der Waals surface area contributed by atoms with Crippen LogP contribution in [-0.4, -0.2) is 22.4 Å². The van der Waals surface area contributed by atoms with Crippen LogP contribution in [0.15, 0.2) is 48.7 Å². The summed E-state index contributed by atoms with van der Waals surface area (Å²) >= 11 is 0. The van der Waals surface area contributed by atoms with Crippen LogP contribution in [0.2, 0.25) is 0 Å². The lowest BCUT2D eigenvalue weighted by Gasteiger charge is -2.08. The molecule has 26 heavy (non-hydrogen) atoms. The number of rotatable bonds is 8. The summed E-state index contributed by atoms with van der Waals surface area (Å²) in [6, 6.07) is 13.5. The molecule has 0 aliphatic carbocycles. The number of pyridine rings is 1. The maximum absolute atomic E-state index is 12.4. The smallest absolute Gasteiger partial charge is 0.225 e. The van der Waals surface area contributed by atoms with Gasteiger partial charge in [0.15, 0.2) is 0 Å². The Balaban J connectivity index is 1.91. The highest BCUT2D eigenvalue weighted by Crippen LogP contribution is 2.31. The fourth-order valence-electron chi connectivity index (χ4n) is 2.99. The Morgan fingerprint density at radius 1 is 1.15 bits per heavy atom. The summed E-state index contributed by atoms with van der Waals surface area (Å²) < 4.78 is 7.24. The molecule has 0 radical (unpaired) electrons. The van der Waals surface area contributed by atoms with E-state index < -0.39 is 0 Å². The molecule has 0 saturated carbocycles. The van der Waals surface area contributed by atoms with Gasteiger partial charge >= 0.3 is 0 Å². The molecule has 0 aliphatic rings. The van der Waals surface area contributed by atoms with Crippen LogP contribution >= 0.6 is 0 Å². The number of hydrogen-bond donors (Lipinski definition) is 1. The molecule has 5 heteroatoms. The maximum atomic E-state index is 12.4. The van der Waals surface area contributed by atoms with E-state index in [1.807, 2.05) is 53.1 Å². The molecule has 0 bridgehead atoms. The summed E-state index contributed by atoms with van der Waals surface area (Å²) in [6.45, 7) is 2.17. The third kappa shape index (κ3) is 4.04. The quantitative estimate of drug-likeness (QED) is 0.586. The zero-order valence-electron chi connectivity index (χ0n) is 15.4. The Bertz CT molecular complexity index is 886. The van der Waals surface area contributed by atoms with Crippen LogP contribution in [0.3, 0.4) is 0 Å². The van der Waals surface area contributed by atoms with Crippen LogP contribution < -0.4 is 10.1 Å². The zero-order valence-corrected chi connectivity index (χ0v) is 15.4. The largest absolute Gasteiger partial charge is 0.497 e. The summed E-state index contributed by atoms with van der Waals surface area (Å²) in [4.78, 5) is 17.2. The van der Waals surface area contributed by atoms with Gasteiger partial charge in [-0.25, -0.2) is 4.98 Å². The minimum Gasteiger partial charge on any atom is -0.497 e. The van der Waals surface area contributed by atoms with Crippen LogP contribution in [0.5, 0.6) is 5.75 Å². The minimum atomic E-state index is 0.0240. The van der Waals surface area contributed by atoms with E-state index in [9.17, 15) is 4.79 Å². The van der Waals surface area contributed by atoms with E-state index in [0.717, 1.165) is 48.3 Å². The number of anilines is 1. The number of nitrogens with zero attached hydrogens (tertiary/aromatic N) is 2. The number of nitrogens with one attached hydrogen (secondary N) is 1. The fourth-order valence-corrected chi connectivity index (χ4v) is 2.99. The number of ether oxygens (including phenoxy) is 1. The summed E-state index contributed by atoms with van der Waals surface area (Å²) in [6.07, 6.45) is 6.76. The molecule has 0 aliphatic heterocycles. The molecule has 5 nitrogen and oxygen atoms in total. The first-order chi connectivity index (χ1) is 12.7. The Morgan fingerprint density at radius 2 is 2.04 bits per heavy atom. The lowest BCUT2D eigenvalue weighted by Crippen LogP contribution is -2.13. The second-order valence-electron chi connectivity index (χ2n) is 6.33. The summed E-state index contributed by atoms with van der Waals surface area (Å²) in [5.74, 6) is 1.49. The molecule has 2 heterocycles. The molecule has 3 rings (SSSR count). The third-order valence-corrected chi connectivity index (χ3v) is 4.39. The monoisotopic (exact) mass is 351 g/mol. The van der Waals surface area contributed by atoms with Gasteiger partial charge in [-0.15, -0.1) is 0 Å². The molecule has 0 saturated heterocycles. The van der Waals surface area contributed by atoms with Crippen molar-refractivity contribution in [3.8, 4) is 17.0 Å². The molecule has 0 atom stereocenters. The van der Waals surface area contributed by atoms with Gasteiger partial charge in [0.1, 0.15) is 22.9 Å². The van der Waals surface area contributed by atoms with Crippen molar-refractivity contribution < 1.29 is 9.53 Å². The van der Waals surface area contributed by atoms with Crippen molar-refractivity contribution in [1.29, 1.82) is 0 Å². The van der Waals surface area contributed by atoms with Crippen LogP contribution in [0.25, 0.3) is 16.9 Å². The van der Waals surface area contributed by atoms with E-state index in [4.69, 9.17) is 9.72 Å². The summed E-state index contributed by atoms with van der Waals surface area (Å²) in [5.41, 5.74) is 2.46. The summed E-state index contributed by atoms with van der Waals surface area (Å²) in [7, 11) is 1.64. The van der Waals surface area contributed by atoms with Crippen molar-refractivity contribution in [3.05, 3.63) is 48.7 Å². The average molecular weight is 351 g/mol. The lowest BCUT2D eigenvalue weighted by molar-refractivity contribution is -0.116. The van der Waals surface area contributed by atoms with Crippen molar-refractivity contribution in [1.82, 2.24) is 9.38 Å². The van der Waals surface area contributed by atoms with Gasteiger partial charge in [-0.1, -0.05) is 44.4 Å². The molecule has 0 unspecified atom stereocenters. The van der Waals surface area contributed by atoms with Crippen LogP contribution in [-0.2, 0) is 4.79 Å². The van der Waals surface area contributed by atoms with Gasteiger partial charge in [0.2, 0.25) is 5.91 Å². The Kier molecular flexibility index (Phi) is 5.89. The van der Waals surface area contributed by atoms with E-state index in [2.05, 4.69) is 12.2 Å².